The fraction of sp³-hybridized carbons (Fsp3) is 0.462. The number of amides is 1. The van der Waals surface area contributed by atoms with Crippen LogP contribution in [0.5, 0.6) is 5.75 Å². The molecular formula is C13H18ClNO3. The van der Waals surface area contributed by atoms with Gasteiger partial charge in [-0.1, -0.05) is 11.6 Å². The predicted molar refractivity (Wildman–Crippen MR) is 71.1 cm³/mol. The molecule has 0 spiro atoms. The van der Waals surface area contributed by atoms with E-state index in [0.29, 0.717) is 17.3 Å². The van der Waals surface area contributed by atoms with Crippen molar-refractivity contribution in [2.75, 3.05) is 26.8 Å². The number of nitrogens with zero attached hydrogens (tertiary/aromatic N) is 1. The number of aliphatic hydroxyl groups excluding tert-OH is 1. The van der Waals surface area contributed by atoms with Gasteiger partial charge in [0.1, 0.15) is 5.75 Å². The highest BCUT2D eigenvalue weighted by atomic mass is 35.5. The Morgan fingerprint density at radius 1 is 1.39 bits per heavy atom. The van der Waals surface area contributed by atoms with Gasteiger partial charge < -0.3 is 14.7 Å². The molecule has 1 amide bonds. The van der Waals surface area contributed by atoms with E-state index in [9.17, 15) is 4.79 Å². The lowest BCUT2D eigenvalue weighted by Crippen LogP contribution is -2.33. The summed E-state index contributed by atoms with van der Waals surface area (Å²) in [6.07, 6.45) is 0. The molecule has 1 aromatic rings. The number of hydrogen-bond donors (Lipinski definition) is 1. The lowest BCUT2D eigenvalue weighted by molar-refractivity contribution is -0.132. The molecule has 0 aliphatic heterocycles. The van der Waals surface area contributed by atoms with Gasteiger partial charge in [-0.15, -0.1) is 0 Å². The second kappa shape index (κ2) is 6.61. The normalized spacial score (nSPS) is 10.3. The highest BCUT2D eigenvalue weighted by Crippen LogP contribution is 2.25. The SMILES string of the molecule is Cc1cc(OCC(=O)N(C)CCO)cc(C)c1Cl. The van der Waals surface area contributed by atoms with Crippen LogP contribution in [0.3, 0.4) is 0 Å². The first-order valence-electron chi connectivity index (χ1n) is 5.70. The van der Waals surface area contributed by atoms with Crippen molar-refractivity contribution in [2.24, 2.45) is 0 Å². The number of benzene rings is 1. The number of rotatable bonds is 5. The Hall–Kier alpha value is -1.26. The summed E-state index contributed by atoms with van der Waals surface area (Å²) >= 11 is 6.05. The fourth-order valence-corrected chi connectivity index (χ4v) is 1.63. The van der Waals surface area contributed by atoms with E-state index in [1.807, 2.05) is 13.8 Å². The van der Waals surface area contributed by atoms with Crippen LogP contribution in [0.2, 0.25) is 5.02 Å². The lowest BCUT2D eigenvalue weighted by atomic mass is 10.1. The third kappa shape index (κ3) is 3.89. The van der Waals surface area contributed by atoms with Crippen LogP contribution in [-0.4, -0.2) is 42.7 Å². The van der Waals surface area contributed by atoms with E-state index in [2.05, 4.69) is 0 Å². The molecule has 1 N–H and O–H groups in total. The number of hydrogen-bond acceptors (Lipinski definition) is 3. The number of aliphatic hydroxyl groups is 1. The Balaban J connectivity index is 2.61. The van der Waals surface area contributed by atoms with Crippen molar-refractivity contribution in [1.29, 1.82) is 0 Å². The van der Waals surface area contributed by atoms with Crippen LogP contribution < -0.4 is 4.74 Å². The Labute approximate surface area is 112 Å². The van der Waals surface area contributed by atoms with E-state index < -0.39 is 0 Å². The maximum Gasteiger partial charge on any atom is 0.260 e. The molecule has 4 nitrogen and oxygen atoms in total. The van der Waals surface area contributed by atoms with Crippen LogP contribution in [0.4, 0.5) is 0 Å². The quantitative estimate of drug-likeness (QED) is 0.888. The van der Waals surface area contributed by atoms with E-state index in [0.717, 1.165) is 11.1 Å². The van der Waals surface area contributed by atoms with Crippen molar-refractivity contribution in [3.05, 3.63) is 28.3 Å². The smallest absolute Gasteiger partial charge is 0.260 e. The largest absolute Gasteiger partial charge is 0.484 e. The van der Waals surface area contributed by atoms with Gasteiger partial charge in [-0.05, 0) is 37.1 Å². The molecule has 1 aromatic carbocycles. The first kappa shape index (κ1) is 14.8. The summed E-state index contributed by atoms with van der Waals surface area (Å²) in [4.78, 5) is 13.0. The maximum atomic E-state index is 11.6. The summed E-state index contributed by atoms with van der Waals surface area (Å²) in [7, 11) is 1.63. The van der Waals surface area contributed by atoms with Gasteiger partial charge >= 0.3 is 0 Å². The van der Waals surface area contributed by atoms with Crippen LogP contribution >= 0.6 is 11.6 Å². The van der Waals surface area contributed by atoms with Gasteiger partial charge in [0, 0.05) is 18.6 Å². The topological polar surface area (TPSA) is 49.8 Å². The first-order chi connectivity index (χ1) is 8.45. The molecule has 5 heteroatoms. The molecular weight excluding hydrogens is 254 g/mol. The van der Waals surface area contributed by atoms with Crippen molar-refractivity contribution in [3.63, 3.8) is 0 Å². The molecule has 0 fully saturated rings. The molecule has 0 aliphatic rings. The number of carbonyl (C=O) groups is 1. The van der Waals surface area contributed by atoms with E-state index >= 15 is 0 Å². The Morgan fingerprint density at radius 2 is 1.94 bits per heavy atom. The van der Waals surface area contributed by atoms with E-state index in [4.69, 9.17) is 21.4 Å². The Morgan fingerprint density at radius 3 is 2.44 bits per heavy atom. The highest BCUT2D eigenvalue weighted by Gasteiger charge is 2.10. The summed E-state index contributed by atoms with van der Waals surface area (Å²) in [5.74, 6) is 0.453. The molecule has 0 unspecified atom stereocenters. The average Bonchev–Trinajstić information content (AvgIpc) is 2.33. The molecule has 0 aromatic heterocycles. The minimum Gasteiger partial charge on any atom is -0.484 e. The molecule has 0 atom stereocenters. The van der Waals surface area contributed by atoms with Crippen molar-refractivity contribution < 1.29 is 14.6 Å². The number of carbonyl (C=O) groups excluding carboxylic acids is 1. The molecule has 0 radical (unpaired) electrons. The van der Waals surface area contributed by atoms with Crippen LogP contribution in [0.15, 0.2) is 12.1 Å². The third-order valence-electron chi connectivity index (χ3n) is 2.63. The van der Waals surface area contributed by atoms with Gasteiger partial charge in [0.15, 0.2) is 6.61 Å². The molecule has 1 rings (SSSR count). The zero-order chi connectivity index (χ0) is 13.7. The van der Waals surface area contributed by atoms with Gasteiger partial charge in [0.2, 0.25) is 0 Å². The van der Waals surface area contributed by atoms with Crippen molar-refractivity contribution in [3.8, 4) is 5.75 Å². The minimum atomic E-state index is -0.172. The second-order valence-corrected chi connectivity index (χ2v) is 4.58. The third-order valence-corrected chi connectivity index (χ3v) is 3.23. The standard InChI is InChI=1S/C13H18ClNO3/c1-9-6-11(7-10(2)13(9)14)18-8-12(17)15(3)4-5-16/h6-7,16H,4-5,8H2,1-3H3. The highest BCUT2D eigenvalue weighted by molar-refractivity contribution is 6.32. The van der Waals surface area contributed by atoms with Gasteiger partial charge in [0.25, 0.3) is 5.91 Å². The molecule has 100 valence electrons. The Bertz CT molecular complexity index is 411. The van der Waals surface area contributed by atoms with Gasteiger partial charge in [-0.25, -0.2) is 0 Å². The van der Waals surface area contributed by atoms with Gasteiger partial charge in [-0.2, -0.15) is 0 Å². The zero-order valence-electron chi connectivity index (χ0n) is 10.9. The van der Waals surface area contributed by atoms with Crippen molar-refractivity contribution in [2.45, 2.75) is 13.8 Å². The van der Waals surface area contributed by atoms with Crippen molar-refractivity contribution >= 4 is 17.5 Å². The molecule has 0 saturated heterocycles. The lowest BCUT2D eigenvalue weighted by Gasteiger charge is -2.16. The number of ether oxygens (including phenoxy) is 1. The minimum absolute atomic E-state index is 0.0446. The summed E-state index contributed by atoms with van der Waals surface area (Å²) in [5, 5.41) is 9.44. The van der Waals surface area contributed by atoms with Crippen LogP contribution in [0, 0.1) is 13.8 Å². The zero-order valence-corrected chi connectivity index (χ0v) is 11.6. The predicted octanol–water partition coefficient (Wildman–Crippen LogP) is 1.79. The molecule has 18 heavy (non-hydrogen) atoms. The average molecular weight is 272 g/mol. The van der Waals surface area contributed by atoms with Crippen LogP contribution in [0.1, 0.15) is 11.1 Å². The first-order valence-corrected chi connectivity index (χ1v) is 6.08. The summed E-state index contributed by atoms with van der Waals surface area (Å²) in [5.41, 5.74) is 1.84. The second-order valence-electron chi connectivity index (χ2n) is 4.20. The van der Waals surface area contributed by atoms with Gasteiger partial charge in [0.05, 0.1) is 6.61 Å². The van der Waals surface area contributed by atoms with Crippen molar-refractivity contribution in [1.82, 2.24) is 4.90 Å². The number of halogens is 1. The molecule has 0 saturated carbocycles. The van der Waals surface area contributed by atoms with E-state index in [1.54, 1.807) is 19.2 Å². The number of likely N-dealkylation sites (N-methyl/N-ethyl adjacent to an activating group) is 1. The molecule has 0 bridgehead atoms. The monoisotopic (exact) mass is 271 g/mol. The summed E-state index contributed by atoms with van der Waals surface area (Å²) < 4.78 is 5.42. The fourth-order valence-electron chi connectivity index (χ4n) is 1.52. The van der Waals surface area contributed by atoms with Crippen LogP contribution in [-0.2, 0) is 4.79 Å². The Kier molecular flexibility index (Phi) is 5.44. The van der Waals surface area contributed by atoms with E-state index in [1.165, 1.54) is 4.90 Å². The number of aryl methyl sites for hydroxylation is 2. The van der Waals surface area contributed by atoms with Crippen LogP contribution in [0.25, 0.3) is 0 Å². The molecule has 0 aliphatic carbocycles. The van der Waals surface area contributed by atoms with Gasteiger partial charge in [-0.3, -0.25) is 4.79 Å². The molecule has 0 heterocycles. The maximum absolute atomic E-state index is 11.6. The summed E-state index contributed by atoms with van der Waals surface area (Å²) in [6, 6.07) is 3.60. The summed E-state index contributed by atoms with van der Waals surface area (Å²) in [6.45, 7) is 3.99. The van der Waals surface area contributed by atoms with E-state index in [-0.39, 0.29) is 19.1 Å².